The van der Waals surface area contributed by atoms with Crippen LogP contribution in [0.2, 0.25) is 0 Å². The van der Waals surface area contributed by atoms with E-state index in [1.165, 1.54) is 16.7 Å². The molecule has 0 spiro atoms. The summed E-state index contributed by atoms with van der Waals surface area (Å²) in [6.45, 7) is 8.56. The Kier molecular flexibility index (Phi) is 8.83. The normalized spacial score (nSPS) is 11.8. The predicted octanol–water partition coefficient (Wildman–Crippen LogP) is 5.18. The van der Waals surface area contributed by atoms with Crippen molar-refractivity contribution in [1.82, 2.24) is 0 Å². The molecule has 1 atom stereocenters. The quantitative estimate of drug-likeness (QED) is 0.680. The van der Waals surface area contributed by atoms with Crippen molar-refractivity contribution in [3.05, 3.63) is 71.3 Å². The van der Waals surface area contributed by atoms with Crippen LogP contribution in [0.25, 0.3) is 0 Å². The van der Waals surface area contributed by atoms with E-state index in [4.69, 9.17) is 0 Å². The third-order valence-corrected chi connectivity index (χ3v) is 4.00. The van der Waals surface area contributed by atoms with Gasteiger partial charge in [-0.05, 0) is 34.9 Å². The van der Waals surface area contributed by atoms with Gasteiger partial charge in [-0.2, -0.15) is 0 Å². The summed E-state index contributed by atoms with van der Waals surface area (Å²) < 4.78 is 0. The minimum Gasteiger partial charge on any atom is -0.303 e. The maximum atomic E-state index is 10.5. The highest BCUT2D eigenvalue weighted by molar-refractivity contribution is 5.53. The van der Waals surface area contributed by atoms with Gasteiger partial charge in [0, 0.05) is 12.3 Å². The summed E-state index contributed by atoms with van der Waals surface area (Å²) >= 11 is 0. The smallest absolute Gasteiger partial charge is 0.123 e. The number of carbonyl (C=O) groups excluding carboxylic acids is 2. The van der Waals surface area contributed by atoms with E-state index in [2.05, 4.69) is 45.0 Å². The first-order chi connectivity index (χ1) is 11.9. The number of hydrogen-bond acceptors (Lipinski definition) is 2. The fourth-order valence-electron chi connectivity index (χ4n) is 2.43. The Morgan fingerprint density at radius 3 is 1.96 bits per heavy atom. The predicted molar refractivity (Wildman–Crippen MR) is 105 cm³/mol. The molecule has 2 aromatic carbocycles. The fraction of sp³-hybridized carbons (Fsp3) is 0.391. The average molecular weight is 338 g/mol. The Bertz CT molecular complexity index is 621. The molecule has 0 N–H and O–H groups in total. The minimum absolute atomic E-state index is 0.116. The molecule has 0 aliphatic rings. The van der Waals surface area contributed by atoms with E-state index < -0.39 is 0 Å². The third-order valence-electron chi connectivity index (χ3n) is 4.00. The van der Waals surface area contributed by atoms with Gasteiger partial charge in [0.1, 0.15) is 12.6 Å². The molecular weight excluding hydrogens is 308 g/mol. The first-order valence-electron chi connectivity index (χ1n) is 8.89. The first-order valence-corrected chi connectivity index (χ1v) is 8.89. The van der Waals surface area contributed by atoms with Gasteiger partial charge in [-0.1, -0.05) is 82.3 Å². The SMILES string of the molecule is CC(C=O)Cc1ccc(C(C)(C)C)cc1.O=CCCc1ccccc1. The minimum atomic E-state index is 0.116. The summed E-state index contributed by atoms with van der Waals surface area (Å²) in [6, 6.07) is 18.6. The topological polar surface area (TPSA) is 34.1 Å². The van der Waals surface area contributed by atoms with E-state index in [0.717, 1.165) is 25.4 Å². The van der Waals surface area contributed by atoms with E-state index >= 15 is 0 Å². The third kappa shape index (κ3) is 8.44. The lowest BCUT2D eigenvalue weighted by molar-refractivity contribution is -0.110. The zero-order chi connectivity index (χ0) is 18.7. The molecular formula is C23H30O2. The van der Waals surface area contributed by atoms with Crippen molar-refractivity contribution >= 4 is 12.6 Å². The van der Waals surface area contributed by atoms with Gasteiger partial charge in [-0.25, -0.2) is 0 Å². The molecule has 25 heavy (non-hydrogen) atoms. The molecule has 0 bridgehead atoms. The molecule has 0 aromatic heterocycles. The lowest BCUT2D eigenvalue weighted by Gasteiger charge is -2.19. The van der Waals surface area contributed by atoms with E-state index in [1.54, 1.807) is 0 Å². The molecule has 134 valence electrons. The standard InChI is InChI=1S/C14H20O.C9H10O/c1-11(10-15)9-12-5-7-13(8-6-12)14(2,3)4;10-8-4-7-9-5-2-1-3-6-9/h5-8,10-11H,9H2,1-4H3;1-3,5-6,8H,4,7H2. The maximum Gasteiger partial charge on any atom is 0.123 e. The van der Waals surface area contributed by atoms with Crippen molar-refractivity contribution < 1.29 is 9.59 Å². The van der Waals surface area contributed by atoms with E-state index in [0.29, 0.717) is 6.42 Å². The number of aryl methyl sites for hydroxylation is 1. The molecule has 2 heteroatoms. The molecule has 0 aliphatic carbocycles. The van der Waals surface area contributed by atoms with Crippen LogP contribution in [-0.2, 0) is 27.8 Å². The molecule has 2 rings (SSSR count). The Labute approximate surface area is 152 Å². The van der Waals surface area contributed by atoms with Crippen molar-refractivity contribution in [3.63, 3.8) is 0 Å². The molecule has 0 saturated heterocycles. The average Bonchev–Trinajstić information content (AvgIpc) is 2.61. The van der Waals surface area contributed by atoms with E-state index in [9.17, 15) is 9.59 Å². The van der Waals surface area contributed by atoms with E-state index in [-0.39, 0.29) is 11.3 Å². The molecule has 0 fully saturated rings. The largest absolute Gasteiger partial charge is 0.303 e. The zero-order valence-electron chi connectivity index (χ0n) is 15.9. The van der Waals surface area contributed by atoms with Gasteiger partial charge in [0.25, 0.3) is 0 Å². The van der Waals surface area contributed by atoms with Crippen LogP contribution in [0.5, 0.6) is 0 Å². The van der Waals surface area contributed by atoms with Crippen LogP contribution in [0.4, 0.5) is 0 Å². The second-order valence-corrected chi connectivity index (χ2v) is 7.46. The van der Waals surface area contributed by atoms with Crippen LogP contribution in [0.1, 0.15) is 50.8 Å². The van der Waals surface area contributed by atoms with Gasteiger partial charge in [-0.3, -0.25) is 0 Å². The Morgan fingerprint density at radius 1 is 0.880 bits per heavy atom. The van der Waals surface area contributed by atoms with Gasteiger partial charge < -0.3 is 9.59 Å². The summed E-state index contributed by atoms with van der Waals surface area (Å²) in [5.41, 5.74) is 4.01. The van der Waals surface area contributed by atoms with Crippen molar-refractivity contribution in [2.45, 2.75) is 52.4 Å². The number of carbonyl (C=O) groups is 2. The molecule has 0 aliphatic heterocycles. The zero-order valence-corrected chi connectivity index (χ0v) is 15.9. The van der Waals surface area contributed by atoms with Crippen molar-refractivity contribution in [1.29, 1.82) is 0 Å². The van der Waals surface area contributed by atoms with Gasteiger partial charge in [0.15, 0.2) is 0 Å². The molecule has 1 unspecified atom stereocenters. The summed E-state index contributed by atoms with van der Waals surface area (Å²) in [5.74, 6) is 0.116. The number of aldehydes is 2. The highest BCUT2D eigenvalue weighted by Crippen LogP contribution is 2.22. The van der Waals surface area contributed by atoms with Crippen LogP contribution in [0.3, 0.4) is 0 Å². The molecule has 0 saturated carbocycles. The highest BCUT2D eigenvalue weighted by atomic mass is 16.1. The summed E-state index contributed by atoms with van der Waals surface area (Å²) in [7, 11) is 0. The monoisotopic (exact) mass is 338 g/mol. The van der Waals surface area contributed by atoms with Crippen molar-refractivity contribution in [2.24, 2.45) is 5.92 Å². The van der Waals surface area contributed by atoms with Crippen LogP contribution in [0, 0.1) is 5.92 Å². The lowest BCUT2D eigenvalue weighted by Crippen LogP contribution is -2.11. The molecule has 0 amide bonds. The van der Waals surface area contributed by atoms with Crippen molar-refractivity contribution in [2.75, 3.05) is 0 Å². The van der Waals surface area contributed by atoms with Crippen LogP contribution in [-0.4, -0.2) is 12.6 Å². The Hall–Kier alpha value is -2.22. The fourth-order valence-corrected chi connectivity index (χ4v) is 2.43. The Morgan fingerprint density at radius 2 is 1.48 bits per heavy atom. The van der Waals surface area contributed by atoms with Gasteiger partial charge in [0.05, 0.1) is 0 Å². The molecule has 0 heterocycles. The first kappa shape index (κ1) is 20.8. The van der Waals surface area contributed by atoms with Crippen LogP contribution in [0.15, 0.2) is 54.6 Å². The van der Waals surface area contributed by atoms with Crippen LogP contribution < -0.4 is 0 Å². The van der Waals surface area contributed by atoms with Gasteiger partial charge in [-0.15, -0.1) is 0 Å². The molecule has 2 aromatic rings. The van der Waals surface area contributed by atoms with E-state index in [1.807, 2.05) is 37.3 Å². The van der Waals surface area contributed by atoms with Gasteiger partial charge >= 0.3 is 0 Å². The molecule has 0 radical (unpaired) electrons. The second kappa shape index (κ2) is 10.6. The van der Waals surface area contributed by atoms with Gasteiger partial charge in [0.2, 0.25) is 0 Å². The lowest BCUT2D eigenvalue weighted by atomic mass is 9.86. The van der Waals surface area contributed by atoms with Crippen molar-refractivity contribution in [3.8, 4) is 0 Å². The molecule has 2 nitrogen and oxygen atoms in total. The summed E-state index contributed by atoms with van der Waals surface area (Å²) in [6.07, 6.45) is 4.30. The second-order valence-electron chi connectivity index (χ2n) is 7.46. The number of hydrogen-bond donors (Lipinski definition) is 0. The Balaban J connectivity index is 0.000000271. The maximum absolute atomic E-state index is 10.5. The summed E-state index contributed by atoms with van der Waals surface area (Å²) in [4.78, 5) is 20.5. The number of benzene rings is 2. The van der Waals surface area contributed by atoms with Crippen LogP contribution >= 0.6 is 0 Å². The number of rotatable bonds is 6. The highest BCUT2D eigenvalue weighted by Gasteiger charge is 2.13. The summed E-state index contributed by atoms with van der Waals surface area (Å²) in [5, 5.41) is 0.